The Morgan fingerprint density at radius 1 is 1.04 bits per heavy atom. The molecule has 4 aliphatic carbocycles. The van der Waals surface area contributed by atoms with E-state index in [2.05, 4.69) is 26.8 Å². The highest BCUT2D eigenvalue weighted by atomic mass is 31.2. The number of carbonyl (C=O) groups excluding carboxylic acids is 1. The zero-order valence-corrected chi connectivity index (χ0v) is 18.4. The molecule has 0 aromatic rings. The van der Waals surface area contributed by atoms with Crippen LogP contribution in [0.15, 0.2) is 11.4 Å². The fraction of sp³-hybridized carbons (Fsp3) is 0.864. The summed E-state index contributed by atoms with van der Waals surface area (Å²) in [4.78, 5) is 12.3. The zero-order valence-electron chi connectivity index (χ0n) is 17.5. The van der Waals surface area contributed by atoms with Gasteiger partial charge in [-0.25, -0.2) is 0 Å². The minimum atomic E-state index is -3.18. The maximum absolute atomic E-state index is 13.2. The van der Waals surface area contributed by atoms with Crippen LogP contribution in [0, 0.1) is 40.4 Å². The van der Waals surface area contributed by atoms with Crippen molar-refractivity contribution in [1.29, 1.82) is 0 Å². The molecule has 3 fully saturated rings. The van der Waals surface area contributed by atoms with Crippen molar-refractivity contribution in [3.63, 3.8) is 0 Å². The molecule has 0 aromatic carbocycles. The van der Waals surface area contributed by atoms with Gasteiger partial charge in [0.05, 0.1) is 0 Å². The molecule has 0 bridgehead atoms. The van der Waals surface area contributed by atoms with Gasteiger partial charge in [-0.15, -0.1) is 0 Å². The number of Topliss-reactive ketones (excluding diaryl/α,β-unsaturated/α-hetero) is 1. The summed E-state index contributed by atoms with van der Waals surface area (Å²) in [5.74, 6) is 3.10. The number of carbonyl (C=O) groups is 1. The van der Waals surface area contributed by atoms with Crippen LogP contribution in [0.5, 0.6) is 0 Å². The van der Waals surface area contributed by atoms with Gasteiger partial charge in [0.1, 0.15) is 5.78 Å². The summed E-state index contributed by atoms with van der Waals surface area (Å²) in [5, 5.41) is 0.919. The quantitative estimate of drug-likeness (QED) is 0.566. The van der Waals surface area contributed by atoms with E-state index in [-0.39, 0.29) is 16.7 Å². The van der Waals surface area contributed by atoms with Crippen molar-refractivity contribution in [3.05, 3.63) is 11.4 Å². The molecule has 27 heavy (non-hydrogen) atoms. The molecule has 3 saturated carbocycles. The molecule has 2 unspecified atom stereocenters. The van der Waals surface area contributed by atoms with Gasteiger partial charge in [-0.3, -0.25) is 9.36 Å². The first-order valence-corrected chi connectivity index (χ1v) is 12.2. The monoisotopic (exact) mass is 394 g/mol. The largest absolute Gasteiger partial charge is 0.357 e. The fourth-order valence-corrected chi connectivity index (χ4v) is 9.54. The standard InChI is InChI=1S/C22H35O4P/c1-14-16-7-6-15-17-8-9-20(27(24,25-4)26-5)22(17,3)12-10-18(15)21(16,2)13-11-19(14)23/h9,14-18H,6-8,10-13H2,1-5H3/t14?,15-,16?,17-,18-,21-,22-/m0/s1. The van der Waals surface area contributed by atoms with Crippen LogP contribution < -0.4 is 0 Å². The second-order valence-corrected chi connectivity index (χ2v) is 12.2. The summed E-state index contributed by atoms with van der Waals surface area (Å²) >= 11 is 0. The predicted molar refractivity (Wildman–Crippen MR) is 106 cm³/mol. The normalized spacial score (nSPS) is 47.1. The maximum Gasteiger partial charge on any atom is 0.357 e. The first-order chi connectivity index (χ1) is 12.7. The number of hydrogen-bond donors (Lipinski definition) is 0. The number of allylic oxidation sites excluding steroid dienone is 2. The van der Waals surface area contributed by atoms with E-state index in [1.165, 1.54) is 27.1 Å². The van der Waals surface area contributed by atoms with Crippen molar-refractivity contribution in [1.82, 2.24) is 0 Å². The van der Waals surface area contributed by atoms with Gasteiger partial charge < -0.3 is 9.05 Å². The van der Waals surface area contributed by atoms with Gasteiger partial charge in [-0.05, 0) is 67.6 Å². The Labute approximate surface area is 164 Å². The van der Waals surface area contributed by atoms with E-state index in [1.54, 1.807) is 0 Å². The molecule has 0 aliphatic heterocycles. The SMILES string of the molecule is COP(=O)(OC)C1=CC[C@H]2[C@@H]3CCC4C(C)C(=O)CC[C@]4(C)[C@H]3CC[C@]12C. The summed E-state index contributed by atoms with van der Waals surface area (Å²) in [7, 11) is -0.178. The van der Waals surface area contributed by atoms with Crippen LogP contribution in [0.1, 0.15) is 65.7 Å². The van der Waals surface area contributed by atoms with E-state index < -0.39 is 7.60 Å². The summed E-state index contributed by atoms with van der Waals surface area (Å²) in [6.45, 7) is 6.93. The second-order valence-electron chi connectivity index (χ2n) is 9.97. The minimum absolute atomic E-state index is 0.0813. The summed E-state index contributed by atoms with van der Waals surface area (Å²) in [6.07, 6.45) is 9.54. The molecule has 0 radical (unpaired) electrons. The van der Waals surface area contributed by atoms with E-state index >= 15 is 0 Å². The number of ketones is 1. The molecule has 4 rings (SSSR count). The highest BCUT2D eigenvalue weighted by molar-refractivity contribution is 7.58. The number of fused-ring (bicyclic) bond motifs is 5. The molecular formula is C22H35O4P. The molecule has 4 nitrogen and oxygen atoms in total. The second kappa shape index (κ2) is 6.54. The average Bonchev–Trinajstić information content (AvgIpc) is 3.02. The Morgan fingerprint density at radius 2 is 1.74 bits per heavy atom. The van der Waals surface area contributed by atoms with Gasteiger partial charge in [-0.2, -0.15) is 0 Å². The van der Waals surface area contributed by atoms with Crippen molar-refractivity contribution in [2.24, 2.45) is 40.4 Å². The van der Waals surface area contributed by atoms with Gasteiger partial charge in [0.15, 0.2) is 0 Å². The zero-order chi connectivity index (χ0) is 19.6. The summed E-state index contributed by atoms with van der Waals surface area (Å²) < 4.78 is 24.0. The highest BCUT2D eigenvalue weighted by Crippen LogP contribution is 2.73. The fourth-order valence-electron chi connectivity index (χ4n) is 7.76. The van der Waals surface area contributed by atoms with Crippen molar-refractivity contribution in [2.45, 2.75) is 65.7 Å². The number of rotatable bonds is 3. The third kappa shape index (κ3) is 2.62. The molecule has 0 heterocycles. The predicted octanol–water partition coefficient (Wildman–Crippen LogP) is 5.82. The molecule has 0 aromatic heterocycles. The highest BCUT2D eigenvalue weighted by Gasteiger charge is 2.61. The Kier molecular flexibility index (Phi) is 4.81. The van der Waals surface area contributed by atoms with E-state index in [4.69, 9.17) is 9.05 Å². The molecule has 7 atom stereocenters. The third-order valence-corrected chi connectivity index (χ3v) is 11.5. The lowest BCUT2D eigenvalue weighted by Crippen LogP contribution is -2.55. The first kappa shape index (κ1) is 19.9. The van der Waals surface area contributed by atoms with Crippen LogP contribution in [0.2, 0.25) is 0 Å². The Hall–Kier alpha value is -0.440. The van der Waals surface area contributed by atoms with E-state index in [9.17, 15) is 9.36 Å². The van der Waals surface area contributed by atoms with Crippen LogP contribution in [0.3, 0.4) is 0 Å². The molecule has 5 heteroatoms. The van der Waals surface area contributed by atoms with Crippen molar-refractivity contribution < 1.29 is 18.4 Å². The molecular weight excluding hydrogens is 359 g/mol. The van der Waals surface area contributed by atoms with E-state index in [0.717, 1.165) is 37.4 Å². The molecule has 0 spiro atoms. The lowest BCUT2D eigenvalue weighted by molar-refractivity contribution is -0.147. The van der Waals surface area contributed by atoms with Gasteiger partial charge in [-0.1, -0.05) is 26.8 Å². The smallest absolute Gasteiger partial charge is 0.309 e. The topological polar surface area (TPSA) is 52.6 Å². The third-order valence-electron chi connectivity index (χ3n) is 9.28. The van der Waals surface area contributed by atoms with E-state index in [0.29, 0.717) is 29.5 Å². The van der Waals surface area contributed by atoms with Crippen LogP contribution in [0.25, 0.3) is 0 Å². The lowest BCUT2D eigenvalue weighted by Gasteiger charge is -2.61. The summed E-state index contributed by atoms with van der Waals surface area (Å²) in [6, 6.07) is 0. The van der Waals surface area contributed by atoms with Gasteiger partial charge in [0.2, 0.25) is 0 Å². The minimum Gasteiger partial charge on any atom is -0.309 e. The Morgan fingerprint density at radius 3 is 2.41 bits per heavy atom. The summed E-state index contributed by atoms with van der Waals surface area (Å²) in [5.41, 5.74) is 0.203. The van der Waals surface area contributed by atoms with Crippen LogP contribution >= 0.6 is 7.60 Å². The Balaban J connectivity index is 1.64. The van der Waals surface area contributed by atoms with Crippen LogP contribution in [0.4, 0.5) is 0 Å². The lowest BCUT2D eigenvalue weighted by atomic mass is 9.44. The van der Waals surface area contributed by atoms with Gasteiger partial charge in [0.25, 0.3) is 0 Å². The van der Waals surface area contributed by atoms with Crippen molar-refractivity contribution in [3.8, 4) is 0 Å². The number of hydrogen-bond acceptors (Lipinski definition) is 4. The van der Waals surface area contributed by atoms with Gasteiger partial charge >= 0.3 is 7.60 Å². The molecule has 4 aliphatic rings. The Bertz CT molecular complexity index is 707. The van der Waals surface area contributed by atoms with Crippen LogP contribution in [-0.4, -0.2) is 20.0 Å². The molecule has 0 N–H and O–H groups in total. The van der Waals surface area contributed by atoms with Crippen molar-refractivity contribution >= 4 is 13.4 Å². The molecule has 0 amide bonds. The maximum atomic E-state index is 13.2. The van der Waals surface area contributed by atoms with E-state index in [1.807, 2.05) is 0 Å². The molecule has 0 saturated heterocycles. The van der Waals surface area contributed by atoms with Crippen LogP contribution in [-0.2, 0) is 18.4 Å². The van der Waals surface area contributed by atoms with Crippen molar-refractivity contribution in [2.75, 3.05) is 14.2 Å². The first-order valence-electron chi connectivity index (χ1n) is 10.7. The average molecular weight is 394 g/mol. The van der Waals surface area contributed by atoms with Gasteiger partial charge in [0, 0.05) is 37.3 Å². The molecule has 152 valence electrons.